The highest BCUT2D eigenvalue weighted by atomic mass is 19.3. The van der Waals surface area contributed by atoms with Gasteiger partial charge in [0.2, 0.25) is 5.91 Å². The first kappa shape index (κ1) is 21.3. The van der Waals surface area contributed by atoms with Gasteiger partial charge in [-0.05, 0) is 18.1 Å². The van der Waals surface area contributed by atoms with E-state index in [1.165, 1.54) is 25.3 Å². The monoisotopic (exact) mass is 394 g/mol. The number of para-hydroxylation sites is 1. The molecule has 2 aromatic rings. The zero-order chi connectivity index (χ0) is 20.8. The molecule has 28 heavy (non-hydrogen) atoms. The molecule has 1 aromatic carbocycles. The number of alkyl halides is 2. The van der Waals surface area contributed by atoms with Crippen LogP contribution >= 0.6 is 0 Å². The lowest BCUT2D eigenvalue weighted by atomic mass is 10.0. The third-order valence-electron chi connectivity index (χ3n) is 4.28. The molecule has 0 aliphatic rings. The highest BCUT2D eigenvalue weighted by Crippen LogP contribution is 2.19. The number of benzene rings is 1. The summed E-state index contributed by atoms with van der Waals surface area (Å²) in [6, 6.07) is 5.84. The molecular formula is C19H24F2N4O3. The standard InChI is InChI=1S/C19H24F2N4O3/c1-12(2)16(23-17(26)13-7-5-6-8-14(13)28-4)18(27)24(3)11-15-22-9-10-25(15)19(20)21/h5-10,12,16,19H,11H2,1-4H3,(H,23,26). The van der Waals surface area contributed by atoms with Crippen LogP contribution in [0.15, 0.2) is 36.7 Å². The van der Waals surface area contributed by atoms with E-state index < -0.39 is 24.4 Å². The average Bonchev–Trinajstić information content (AvgIpc) is 3.13. The van der Waals surface area contributed by atoms with E-state index in [2.05, 4.69) is 10.3 Å². The van der Waals surface area contributed by atoms with Gasteiger partial charge in [0.25, 0.3) is 5.91 Å². The predicted molar refractivity (Wildman–Crippen MR) is 99.0 cm³/mol. The minimum absolute atomic E-state index is 0.0596. The number of nitrogens with zero attached hydrogens (tertiary/aromatic N) is 3. The van der Waals surface area contributed by atoms with Crippen LogP contribution in [0.2, 0.25) is 0 Å². The van der Waals surface area contributed by atoms with Crippen LogP contribution in [-0.2, 0) is 11.3 Å². The summed E-state index contributed by atoms with van der Waals surface area (Å²) in [5, 5.41) is 2.72. The van der Waals surface area contributed by atoms with Gasteiger partial charge in [-0.1, -0.05) is 26.0 Å². The van der Waals surface area contributed by atoms with Gasteiger partial charge >= 0.3 is 6.55 Å². The van der Waals surface area contributed by atoms with Crippen LogP contribution in [0.25, 0.3) is 0 Å². The lowest BCUT2D eigenvalue weighted by Gasteiger charge is -2.27. The van der Waals surface area contributed by atoms with Gasteiger partial charge in [-0.15, -0.1) is 0 Å². The number of nitrogens with one attached hydrogen (secondary N) is 1. The molecule has 0 aliphatic carbocycles. The van der Waals surface area contributed by atoms with Gasteiger partial charge in [-0.2, -0.15) is 8.78 Å². The predicted octanol–water partition coefficient (Wildman–Crippen LogP) is 2.70. The molecule has 1 unspecified atom stereocenters. The van der Waals surface area contributed by atoms with Crippen LogP contribution in [0.1, 0.15) is 36.6 Å². The number of imidazole rings is 1. The number of methoxy groups -OCH3 is 1. The maximum absolute atomic E-state index is 13.0. The summed E-state index contributed by atoms with van der Waals surface area (Å²) in [7, 11) is 2.94. The number of likely N-dealkylation sites (N-methyl/N-ethyl adjacent to an activating group) is 1. The molecular weight excluding hydrogens is 370 g/mol. The number of amides is 2. The van der Waals surface area contributed by atoms with Crippen LogP contribution in [0, 0.1) is 5.92 Å². The van der Waals surface area contributed by atoms with E-state index in [9.17, 15) is 18.4 Å². The van der Waals surface area contributed by atoms with Gasteiger partial charge in [0.15, 0.2) is 0 Å². The second kappa shape index (κ2) is 9.29. The van der Waals surface area contributed by atoms with Gasteiger partial charge in [-0.25, -0.2) is 4.98 Å². The van der Waals surface area contributed by atoms with Gasteiger partial charge in [0.05, 0.1) is 19.2 Å². The van der Waals surface area contributed by atoms with Crippen molar-refractivity contribution in [3.63, 3.8) is 0 Å². The molecule has 0 aliphatic heterocycles. The summed E-state index contributed by atoms with van der Waals surface area (Å²) < 4.78 is 31.8. The SMILES string of the molecule is COc1ccccc1C(=O)NC(C(=O)N(C)Cc1nccn1C(F)F)C(C)C. The minimum atomic E-state index is -2.74. The first-order valence-electron chi connectivity index (χ1n) is 8.75. The van der Waals surface area contributed by atoms with Crippen LogP contribution < -0.4 is 10.1 Å². The Kier molecular flexibility index (Phi) is 7.08. The average molecular weight is 394 g/mol. The van der Waals surface area contributed by atoms with E-state index in [1.807, 2.05) is 0 Å². The van der Waals surface area contributed by atoms with Crippen molar-refractivity contribution < 1.29 is 23.1 Å². The number of halogens is 2. The Morgan fingerprint density at radius 1 is 1.29 bits per heavy atom. The van der Waals surface area contributed by atoms with Crippen molar-refractivity contribution in [1.82, 2.24) is 19.8 Å². The van der Waals surface area contributed by atoms with Gasteiger partial charge in [0, 0.05) is 19.4 Å². The van der Waals surface area contributed by atoms with Crippen LogP contribution in [0.3, 0.4) is 0 Å². The van der Waals surface area contributed by atoms with E-state index in [-0.39, 0.29) is 18.3 Å². The van der Waals surface area contributed by atoms with Crippen molar-refractivity contribution in [2.45, 2.75) is 33.0 Å². The molecule has 9 heteroatoms. The Morgan fingerprint density at radius 2 is 1.96 bits per heavy atom. The summed E-state index contributed by atoms with van der Waals surface area (Å²) >= 11 is 0. The molecule has 0 radical (unpaired) electrons. The maximum atomic E-state index is 13.0. The summed E-state index contributed by atoms with van der Waals surface area (Å²) in [5.74, 6) is -0.621. The topological polar surface area (TPSA) is 76.5 Å². The largest absolute Gasteiger partial charge is 0.496 e. The van der Waals surface area contributed by atoms with Crippen molar-refractivity contribution in [3.8, 4) is 5.75 Å². The Bertz CT molecular complexity index is 823. The number of ether oxygens (including phenoxy) is 1. The van der Waals surface area contributed by atoms with Gasteiger partial charge < -0.3 is 15.0 Å². The molecule has 152 valence electrons. The quantitative estimate of drug-likeness (QED) is 0.747. The number of hydrogen-bond acceptors (Lipinski definition) is 4. The maximum Gasteiger partial charge on any atom is 0.319 e. The molecule has 0 fully saturated rings. The smallest absolute Gasteiger partial charge is 0.319 e. The van der Waals surface area contributed by atoms with E-state index >= 15 is 0 Å². The normalized spacial score (nSPS) is 12.1. The first-order valence-corrected chi connectivity index (χ1v) is 8.75. The number of carbonyl (C=O) groups excluding carboxylic acids is 2. The molecule has 0 bridgehead atoms. The molecule has 0 spiro atoms. The molecule has 7 nitrogen and oxygen atoms in total. The molecule has 0 saturated carbocycles. The zero-order valence-electron chi connectivity index (χ0n) is 16.2. The second-order valence-corrected chi connectivity index (χ2v) is 6.62. The number of hydrogen-bond donors (Lipinski definition) is 1. The Morgan fingerprint density at radius 3 is 2.57 bits per heavy atom. The summed E-state index contributed by atoms with van der Waals surface area (Å²) in [6.45, 7) is 0.731. The van der Waals surface area contributed by atoms with Gasteiger partial charge in [-0.3, -0.25) is 14.2 Å². The third-order valence-corrected chi connectivity index (χ3v) is 4.28. The fraction of sp³-hybridized carbons (Fsp3) is 0.421. The minimum Gasteiger partial charge on any atom is -0.496 e. The Labute approximate surface area is 162 Å². The molecule has 0 saturated heterocycles. The molecule has 1 atom stereocenters. The van der Waals surface area contributed by atoms with Crippen molar-refractivity contribution in [2.75, 3.05) is 14.2 Å². The van der Waals surface area contributed by atoms with Crippen molar-refractivity contribution in [2.24, 2.45) is 5.92 Å². The van der Waals surface area contributed by atoms with Crippen molar-refractivity contribution in [3.05, 3.63) is 48.0 Å². The first-order chi connectivity index (χ1) is 13.3. The van der Waals surface area contributed by atoms with E-state index in [4.69, 9.17) is 4.74 Å². The summed E-state index contributed by atoms with van der Waals surface area (Å²) in [6.07, 6.45) is 2.41. The van der Waals surface area contributed by atoms with E-state index in [0.717, 1.165) is 6.20 Å². The van der Waals surface area contributed by atoms with Crippen LogP contribution in [0.4, 0.5) is 8.78 Å². The zero-order valence-corrected chi connectivity index (χ0v) is 16.2. The second-order valence-electron chi connectivity index (χ2n) is 6.62. The highest BCUT2D eigenvalue weighted by Gasteiger charge is 2.29. The number of carbonyl (C=O) groups is 2. The molecule has 1 aromatic heterocycles. The molecule has 1 N–H and O–H groups in total. The third kappa shape index (κ3) is 4.85. The van der Waals surface area contributed by atoms with Crippen molar-refractivity contribution >= 4 is 11.8 Å². The van der Waals surface area contributed by atoms with Crippen LogP contribution in [-0.4, -0.2) is 46.5 Å². The van der Waals surface area contributed by atoms with E-state index in [0.29, 0.717) is 15.9 Å². The van der Waals surface area contributed by atoms with Crippen molar-refractivity contribution in [1.29, 1.82) is 0 Å². The Hall–Kier alpha value is -2.97. The fourth-order valence-electron chi connectivity index (χ4n) is 2.74. The molecule has 1 heterocycles. The Balaban J connectivity index is 2.15. The highest BCUT2D eigenvalue weighted by molar-refractivity contribution is 5.99. The lowest BCUT2D eigenvalue weighted by Crippen LogP contribution is -2.50. The van der Waals surface area contributed by atoms with Crippen LogP contribution in [0.5, 0.6) is 5.75 Å². The molecule has 2 amide bonds. The number of aromatic nitrogens is 2. The van der Waals surface area contributed by atoms with Gasteiger partial charge in [0.1, 0.15) is 17.6 Å². The van der Waals surface area contributed by atoms with E-state index in [1.54, 1.807) is 38.1 Å². The lowest BCUT2D eigenvalue weighted by molar-refractivity contribution is -0.133. The fourth-order valence-corrected chi connectivity index (χ4v) is 2.74. The molecule has 2 rings (SSSR count). The summed E-state index contributed by atoms with van der Waals surface area (Å²) in [4.78, 5) is 30.7. The summed E-state index contributed by atoms with van der Waals surface area (Å²) in [5.41, 5.74) is 0.305. The number of rotatable bonds is 8.